The predicted octanol–water partition coefficient (Wildman–Crippen LogP) is 8.28. The second-order valence-corrected chi connectivity index (χ2v) is 14.4. The highest BCUT2D eigenvalue weighted by atomic mass is 35.5. The first-order valence-electron chi connectivity index (χ1n) is 18.8. The van der Waals surface area contributed by atoms with Gasteiger partial charge >= 0.3 is 5.97 Å². The molecule has 0 aliphatic carbocycles. The van der Waals surface area contributed by atoms with Gasteiger partial charge in [0, 0.05) is 37.8 Å². The largest absolute Gasteiger partial charge is 0.493 e. The standard InChI is InChI=1S/C44H50ClN3O6/c1-31-35(12-7-13-37(31)38-14-8-16-41(32(38)2)52-21-9-17-47-19-22-51-23-20-47)30-54-43-26-42(53-29-34-11-6-10-33(24-34)27-46)36(25-39(43)45)28-48-18-5-4-15-40(48)44(49)50-3/h6-8,10-14,16,24-26,40H,4-5,9,15,17-23,28-30H2,1-3H3. The number of hydrogen-bond acceptors (Lipinski definition) is 9. The van der Waals surface area contributed by atoms with Gasteiger partial charge in [-0.1, -0.05) is 60.5 Å². The fourth-order valence-corrected chi connectivity index (χ4v) is 7.52. The molecule has 1 unspecified atom stereocenters. The van der Waals surface area contributed by atoms with E-state index in [1.807, 2.05) is 36.4 Å². The van der Waals surface area contributed by atoms with Crippen LogP contribution in [0.15, 0.2) is 72.8 Å². The first kappa shape index (κ1) is 39.1. The fraction of sp³-hybridized carbons (Fsp3) is 0.409. The molecule has 4 aromatic carbocycles. The topological polar surface area (TPSA) is 93.5 Å². The lowest BCUT2D eigenvalue weighted by Crippen LogP contribution is -2.44. The normalized spacial score (nSPS) is 16.4. The summed E-state index contributed by atoms with van der Waals surface area (Å²) in [5, 5.41) is 9.87. The van der Waals surface area contributed by atoms with Crippen molar-refractivity contribution in [3.05, 3.63) is 111 Å². The lowest BCUT2D eigenvalue weighted by molar-refractivity contribution is -0.148. The molecule has 0 bridgehead atoms. The number of esters is 1. The number of methoxy groups -OCH3 is 1. The highest BCUT2D eigenvalue weighted by molar-refractivity contribution is 6.32. The second kappa shape index (κ2) is 19.1. The van der Waals surface area contributed by atoms with Crippen molar-refractivity contribution in [3.8, 4) is 34.4 Å². The Bertz CT molecular complexity index is 1940. The van der Waals surface area contributed by atoms with Crippen LogP contribution >= 0.6 is 11.6 Å². The van der Waals surface area contributed by atoms with E-state index in [9.17, 15) is 10.1 Å². The number of carbonyl (C=O) groups excluding carboxylic acids is 1. The summed E-state index contributed by atoms with van der Waals surface area (Å²) in [5.74, 6) is 1.77. The van der Waals surface area contributed by atoms with Crippen molar-refractivity contribution in [3.63, 3.8) is 0 Å². The van der Waals surface area contributed by atoms with Crippen LogP contribution in [0.2, 0.25) is 5.02 Å². The van der Waals surface area contributed by atoms with Gasteiger partial charge in [0.15, 0.2) is 0 Å². The van der Waals surface area contributed by atoms with Gasteiger partial charge < -0.3 is 23.7 Å². The molecule has 0 saturated carbocycles. The molecule has 6 rings (SSSR count). The molecule has 0 amide bonds. The third kappa shape index (κ3) is 9.93. The van der Waals surface area contributed by atoms with Crippen molar-refractivity contribution >= 4 is 17.6 Å². The Morgan fingerprint density at radius 2 is 1.61 bits per heavy atom. The molecular formula is C44H50ClN3O6. The number of piperidine rings is 1. The number of halogens is 1. The van der Waals surface area contributed by atoms with Crippen LogP contribution in [0.4, 0.5) is 0 Å². The first-order valence-corrected chi connectivity index (χ1v) is 19.2. The zero-order valence-electron chi connectivity index (χ0n) is 31.6. The van der Waals surface area contributed by atoms with Gasteiger partial charge in [0.05, 0.1) is 43.6 Å². The molecule has 0 aromatic heterocycles. The predicted molar refractivity (Wildman–Crippen MR) is 210 cm³/mol. The lowest BCUT2D eigenvalue weighted by Gasteiger charge is -2.34. The monoisotopic (exact) mass is 751 g/mol. The number of ether oxygens (including phenoxy) is 5. The van der Waals surface area contributed by atoms with Gasteiger partial charge in [0.2, 0.25) is 0 Å². The summed E-state index contributed by atoms with van der Waals surface area (Å²) in [6.07, 6.45) is 3.66. The molecule has 2 heterocycles. The van der Waals surface area contributed by atoms with Gasteiger partial charge in [-0.25, -0.2) is 0 Å². The van der Waals surface area contributed by atoms with E-state index in [4.69, 9.17) is 35.3 Å². The summed E-state index contributed by atoms with van der Waals surface area (Å²) < 4.78 is 29.7. The number of nitrogens with zero attached hydrogens (tertiary/aromatic N) is 3. The maximum atomic E-state index is 12.7. The third-order valence-corrected chi connectivity index (χ3v) is 10.7. The minimum atomic E-state index is -0.329. The molecule has 0 N–H and O–H groups in total. The Morgan fingerprint density at radius 1 is 0.852 bits per heavy atom. The average Bonchev–Trinajstić information content (AvgIpc) is 3.20. The number of rotatable bonds is 15. The average molecular weight is 752 g/mol. The van der Waals surface area contributed by atoms with E-state index < -0.39 is 0 Å². The summed E-state index contributed by atoms with van der Waals surface area (Å²) in [5.41, 5.74) is 7.79. The van der Waals surface area contributed by atoms with E-state index in [0.717, 1.165) is 110 Å². The third-order valence-electron chi connectivity index (χ3n) is 10.4. The first-order chi connectivity index (χ1) is 26.3. The molecule has 10 heteroatoms. The number of morpholine rings is 1. The SMILES string of the molecule is COC(=O)C1CCCCN1Cc1cc(Cl)c(OCc2cccc(-c3cccc(OCCCN4CCOCC4)c3C)c2C)cc1OCc1cccc(C#N)c1. The van der Waals surface area contributed by atoms with Crippen molar-refractivity contribution in [1.82, 2.24) is 9.80 Å². The van der Waals surface area contributed by atoms with E-state index in [-0.39, 0.29) is 18.6 Å². The van der Waals surface area contributed by atoms with E-state index in [1.54, 1.807) is 6.07 Å². The number of carbonyl (C=O) groups is 1. The summed E-state index contributed by atoms with van der Waals surface area (Å²) in [7, 11) is 1.43. The molecule has 2 aliphatic rings. The Morgan fingerprint density at radius 3 is 2.41 bits per heavy atom. The molecule has 4 aromatic rings. The molecule has 2 aliphatic heterocycles. The van der Waals surface area contributed by atoms with Gasteiger partial charge in [0.25, 0.3) is 0 Å². The fourth-order valence-electron chi connectivity index (χ4n) is 7.28. The maximum Gasteiger partial charge on any atom is 0.323 e. The van der Waals surface area contributed by atoms with Crippen LogP contribution in [0.5, 0.6) is 17.2 Å². The molecule has 284 valence electrons. The summed E-state index contributed by atoms with van der Waals surface area (Å²) in [6, 6.07) is 25.4. The smallest absolute Gasteiger partial charge is 0.323 e. The van der Waals surface area contributed by atoms with Gasteiger partial charge in [-0.05, 0) is 97.3 Å². The number of likely N-dealkylation sites (tertiary alicyclic amines) is 1. The zero-order valence-corrected chi connectivity index (χ0v) is 32.3. The lowest BCUT2D eigenvalue weighted by atomic mass is 9.93. The number of nitriles is 1. The van der Waals surface area contributed by atoms with E-state index in [0.29, 0.717) is 41.8 Å². The Balaban J connectivity index is 1.19. The molecule has 2 saturated heterocycles. The van der Waals surface area contributed by atoms with Gasteiger partial charge in [-0.15, -0.1) is 0 Å². The van der Waals surface area contributed by atoms with Crippen LogP contribution in [0.3, 0.4) is 0 Å². The molecule has 2 fully saturated rings. The second-order valence-electron chi connectivity index (χ2n) is 14.0. The van der Waals surface area contributed by atoms with Crippen molar-refractivity contribution in [2.24, 2.45) is 0 Å². The van der Waals surface area contributed by atoms with Crippen LogP contribution in [0.25, 0.3) is 11.1 Å². The molecule has 0 radical (unpaired) electrons. The number of hydrogen-bond donors (Lipinski definition) is 0. The molecule has 1 atom stereocenters. The van der Waals surface area contributed by atoms with Gasteiger partial charge in [-0.3, -0.25) is 14.6 Å². The van der Waals surface area contributed by atoms with Gasteiger partial charge in [-0.2, -0.15) is 5.26 Å². The highest BCUT2D eigenvalue weighted by Crippen LogP contribution is 2.37. The van der Waals surface area contributed by atoms with Crippen LogP contribution in [0.1, 0.15) is 59.1 Å². The summed E-state index contributed by atoms with van der Waals surface area (Å²) in [4.78, 5) is 17.2. The minimum Gasteiger partial charge on any atom is -0.493 e. The Hall–Kier alpha value is -4.59. The highest BCUT2D eigenvalue weighted by Gasteiger charge is 2.30. The summed E-state index contributed by atoms with van der Waals surface area (Å²) in [6.45, 7) is 11.3. The molecule has 9 nitrogen and oxygen atoms in total. The molecule has 0 spiro atoms. The van der Waals surface area contributed by atoms with Crippen molar-refractivity contribution in [2.75, 3.05) is 53.1 Å². The minimum absolute atomic E-state index is 0.233. The summed E-state index contributed by atoms with van der Waals surface area (Å²) >= 11 is 6.92. The van der Waals surface area contributed by atoms with Crippen LogP contribution in [0, 0.1) is 25.2 Å². The van der Waals surface area contributed by atoms with Crippen LogP contribution in [-0.4, -0.2) is 74.9 Å². The van der Waals surface area contributed by atoms with E-state index in [1.165, 1.54) is 7.11 Å². The maximum absolute atomic E-state index is 12.7. The number of benzene rings is 4. The van der Waals surface area contributed by atoms with Crippen molar-refractivity contribution < 1.29 is 28.5 Å². The van der Waals surface area contributed by atoms with E-state index >= 15 is 0 Å². The molecular weight excluding hydrogens is 702 g/mol. The van der Waals surface area contributed by atoms with Crippen LogP contribution in [-0.2, 0) is 34.0 Å². The van der Waals surface area contributed by atoms with Crippen molar-refractivity contribution in [1.29, 1.82) is 5.26 Å². The molecule has 54 heavy (non-hydrogen) atoms. The Kier molecular flexibility index (Phi) is 13.9. The quantitative estimate of drug-likeness (QED) is 0.0879. The Labute approximate surface area is 324 Å². The van der Waals surface area contributed by atoms with Crippen molar-refractivity contribution in [2.45, 2.75) is 65.3 Å². The van der Waals surface area contributed by atoms with E-state index in [2.05, 4.69) is 60.0 Å². The van der Waals surface area contributed by atoms with Gasteiger partial charge in [0.1, 0.15) is 36.5 Å². The zero-order chi connectivity index (χ0) is 37.9. The van der Waals surface area contributed by atoms with Crippen LogP contribution < -0.4 is 14.2 Å².